The smallest absolute Gasteiger partial charge is 0.240 e. The van der Waals surface area contributed by atoms with Crippen molar-refractivity contribution in [1.29, 1.82) is 0 Å². The predicted octanol–water partition coefficient (Wildman–Crippen LogP) is 0.821. The van der Waals surface area contributed by atoms with Crippen LogP contribution in [0.5, 0.6) is 11.5 Å². The normalized spacial score (nSPS) is 25.1. The van der Waals surface area contributed by atoms with Crippen LogP contribution in [0.3, 0.4) is 0 Å². The fourth-order valence-corrected chi connectivity index (χ4v) is 4.14. The zero-order valence-corrected chi connectivity index (χ0v) is 11.9. The second kappa shape index (κ2) is 5.23. The first kappa shape index (κ1) is 13.7. The maximum atomic E-state index is 12.4. The Morgan fingerprint density at radius 2 is 2.05 bits per heavy atom. The highest BCUT2D eigenvalue weighted by molar-refractivity contribution is 7.89. The summed E-state index contributed by atoms with van der Waals surface area (Å²) in [5, 5.41) is 0. The second-order valence-corrected chi connectivity index (χ2v) is 6.88. The van der Waals surface area contributed by atoms with Crippen molar-refractivity contribution >= 4 is 10.0 Å². The minimum atomic E-state index is -3.55. The lowest BCUT2D eigenvalue weighted by Crippen LogP contribution is -2.39. The molecule has 0 spiro atoms. The molecule has 0 unspecified atom stereocenters. The van der Waals surface area contributed by atoms with E-state index in [1.807, 2.05) is 0 Å². The van der Waals surface area contributed by atoms with E-state index in [0.717, 1.165) is 19.3 Å². The predicted molar refractivity (Wildman–Crippen MR) is 73.1 cm³/mol. The summed E-state index contributed by atoms with van der Waals surface area (Å²) in [6.07, 6.45) is 2.83. The number of hydrogen-bond donors (Lipinski definition) is 2. The van der Waals surface area contributed by atoms with E-state index in [-0.39, 0.29) is 23.6 Å². The van der Waals surface area contributed by atoms with Crippen molar-refractivity contribution in [3.63, 3.8) is 0 Å². The quantitative estimate of drug-likeness (QED) is 0.859. The van der Waals surface area contributed by atoms with E-state index in [1.165, 1.54) is 12.1 Å². The summed E-state index contributed by atoms with van der Waals surface area (Å²) in [4.78, 5) is 0.199. The van der Waals surface area contributed by atoms with Crippen LogP contribution in [0.15, 0.2) is 23.1 Å². The maximum Gasteiger partial charge on any atom is 0.240 e. The van der Waals surface area contributed by atoms with Gasteiger partial charge in [-0.3, -0.25) is 0 Å². The summed E-state index contributed by atoms with van der Waals surface area (Å²) >= 11 is 0. The average molecular weight is 298 g/mol. The largest absolute Gasteiger partial charge is 0.454 e. The van der Waals surface area contributed by atoms with E-state index < -0.39 is 10.0 Å². The van der Waals surface area contributed by atoms with Crippen molar-refractivity contribution in [1.82, 2.24) is 4.72 Å². The highest BCUT2D eigenvalue weighted by Crippen LogP contribution is 2.34. The third-order valence-electron chi connectivity index (χ3n) is 3.92. The van der Waals surface area contributed by atoms with Crippen molar-refractivity contribution in [3.8, 4) is 11.5 Å². The van der Waals surface area contributed by atoms with Gasteiger partial charge in [0.1, 0.15) is 0 Å². The standard InChI is InChI=1S/C13H18N2O4S/c14-7-9-2-1-3-11(9)15-20(16,17)10-4-5-12-13(6-10)19-8-18-12/h4-6,9,11,15H,1-3,7-8,14H2/t9-,11-/m0/s1. The lowest BCUT2D eigenvalue weighted by molar-refractivity contribution is 0.174. The van der Waals surface area contributed by atoms with E-state index in [4.69, 9.17) is 15.2 Å². The molecule has 0 radical (unpaired) electrons. The molecule has 1 heterocycles. The van der Waals surface area contributed by atoms with E-state index >= 15 is 0 Å². The molecule has 1 saturated carbocycles. The second-order valence-electron chi connectivity index (χ2n) is 5.17. The minimum Gasteiger partial charge on any atom is -0.454 e. The van der Waals surface area contributed by atoms with Gasteiger partial charge in [-0.2, -0.15) is 0 Å². The summed E-state index contributed by atoms with van der Waals surface area (Å²) in [6.45, 7) is 0.637. The highest BCUT2D eigenvalue weighted by atomic mass is 32.2. The first-order valence-corrected chi connectivity index (χ1v) is 8.20. The van der Waals surface area contributed by atoms with Crippen molar-refractivity contribution < 1.29 is 17.9 Å². The molecular weight excluding hydrogens is 280 g/mol. The molecule has 1 aliphatic heterocycles. The molecule has 1 aromatic rings. The Morgan fingerprint density at radius 3 is 2.85 bits per heavy atom. The van der Waals surface area contributed by atoms with Crippen LogP contribution in [0.25, 0.3) is 0 Å². The Bertz CT molecular complexity index is 602. The number of benzene rings is 1. The first-order valence-electron chi connectivity index (χ1n) is 6.72. The van der Waals surface area contributed by atoms with Gasteiger partial charge in [0, 0.05) is 12.1 Å². The van der Waals surface area contributed by atoms with Crippen LogP contribution in [0.1, 0.15) is 19.3 Å². The topological polar surface area (TPSA) is 90.7 Å². The fraction of sp³-hybridized carbons (Fsp3) is 0.538. The first-order chi connectivity index (χ1) is 9.60. The molecule has 20 heavy (non-hydrogen) atoms. The van der Waals surface area contributed by atoms with Crippen LogP contribution < -0.4 is 19.9 Å². The third-order valence-corrected chi connectivity index (χ3v) is 5.41. The zero-order chi connectivity index (χ0) is 14.2. The van der Waals surface area contributed by atoms with Gasteiger partial charge in [-0.1, -0.05) is 6.42 Å². The molecule has 3 rings (SSSR count). The van der Waals surface area contributed by atoms with Crippen molar-refractivity contribution in [3.05, 3.63) is 18.2 Å². The summed E-state index contributed by atoms with van der Waals surface area (Å²) in [6, 6.07) is 4.57. The third kappa shape index (κ3) is 2.48. The van der Waals surface area contributed by atoms with Crippen LogP contribution in [0, 0.1) is 5.92 Å². The number of ether oxygens (including phenoxy) is 2. The Balaban J connectivity index is 1.81. The number of rotatable bonds is 4. The van der Waals surface area contributed by atoms with E-state index in [9.17, 15) is 8.42 Å². The molecule has 1 fully saturated rings. The molecule has 0 bridgehead atoms. The molecule has 1 aliphatic carbocycles. The van der Waals surface area contributed by atoms with Crippen LogP contribution in [-0.2, 0) is 10.0 Å². The number of fused-ring (bicyclic) bond motifs is 1. The number of nitrogens with one attached hydrogen (secondary N) is 1. The van der Waals surface area contributed by atoms with E-state index in [0.29, 0.717) is 18.0 Å². The molecule has 7 heteroatoms. The number of sulfonamides is 1. The molecule has 2 aliphatic rings. The van der Waals surface area contributed by atoms with Crippen LogP contribution in [0.2, 0.25) is 0 Å². The van der Waals surface area contributed by atoms with Gasteiger partial charge in [-0.25, -0.2) is 13.1 Å². The van der Waals surface area contributed by atoms with Gasteiger partial charge in [0.25, 0.3) is 0 Å². The van der Waals surface area contributed by atoms with Crippen LogP contribution >= 0.6 is 0 Å². The molecule has 2 atom stereocenters. The molecule has 3 N–H and O–H groups in total. The Hall–Kier alpha value is -1.31. The summed E-state index contributed by atoms with van der Waals surface area (Å²) in [5.74, 6) is 1.26. The monoisotopic (exact) mass is 298 g/mol. The maximum absolute atomic E-state index is 12.4. The van der Waals surface area contributed by atoms with Crippen molar-refractivity contribution in [2.45, 2.75) is 30.2 Å². The van der Waals surface area contributed by atoms with Gasteiger partial charge in [0.05, 0.1) is 4.90 Å². The van der Waals surface area contributed by atoms with E-state index in [2.05, 4.69) is 4.72 Å². The highest BCUT2D eigenvalue weighted by Gasteiger charge is 2.31. The van der Waals surface area contributed by atoms with E-state index in [1.54, 1.807) is 6.07 Å². The Kier molecular flexibility index (Phi) is 3.57. The van der Waals surface area contributed by atoms with Gasteiger partial charge < -0.3 is 15.2 Å². The lowest BCUT2D eigenvalue weighted by Gasteiger charge is -2.19. The van der Waals surface area contributed by atoms with Gasteiger partial charge in [0.2, 0.25) is 16.8 Å². The fourth-order valence-electron chi connectivity index (χ4n) is 2.79. The number of nitrogens with two attached hydrogens (primary N) is 1. The molecule has 0 amide bonds. The van der Waals surface area contributed by atoms with Gasteiger partial charge in [-0.15, -0.1) is 0 Å². The summed E-state index contributed by atoms with van der Waals surface area (Å²) in [7, 11) is -3.55. The SMILES string of the molecule is NC[C@@H]1CCC[C@@H]1NS(=O)(=O)c1ccc2c(c1)OCO2. The van der Waals surface area contributed by atoms with Gasteiger partial charge >= 0.3 is 0 Å². The lowest BCUT2D eigenvalue weighted by atomic mass is 10.1. The molecule has 110 valence electrons. The Morgan fingerprint density at radius 1 is 1.25 bits per heavy atom. The summed E-state index contributed by atoms with van der Waals surface area (Å²) in [5.41, 5.74) is 5.68. The molecule has 0 aromatic heterocycles. The average Bonchev–Trinajstić information content (AvgIpc) is 3.05. The molecule has 0 saturated heterocycles. The molecule has 1 aromatic carbocycles. The number of hydrogen-bond acceptors (Lipinski definition) is 5. The summed E-state index contributed by atoms with van der Waals surface area (Å²) < 4.78 is 38.0. The van der Waals surface area contributed by atoms with Crippen molar-refractivity contribution in [2.24, 2.45) is 11.7 Å². The Labute approximate surface area is 118 Å². The van der Waals surface area contributed by atoms with Crippen LogP contribution in [-0.4, -0.2) is 27.8 Å². The van der Waals surface area contributed by atoms with Crippen molar-refractivity contribution in [2.75, 3.05) is 13.3 Å². The molecule has 6 nitrogen and oxygen atoms in total. The van der Waals surface area contributed by atoms with Gasteiger partial charge in [-0.05, 0) is 37.4 Å². The minimum absolute atomic E-state index is 0.0737. The van der Waals surface area contributed by atoms with Crippen LogP contribution in [0.4, 0.5) is 0 Å². The zero-order valence-electron chi connectivity index (χ0n) is 11.0. The molecular formula is C13H18N2O4S. The van der Waals surface area contributed by atoms with Gasteiger partial charge in [0.15, 0.2) is 11.5 Å².